The topological polar surface area (TPSA) is 104 Å². The van der Waals surface area contributed by atoms with Crippen LogP contribution in [0.25, 0.3) is 0 Å². The lowest BCUT2D eigenvalue weighted by molar-refractivity contribution is -0.139. The maximum Gasteiger partial charge on any atom is 0.328 e. The molecule has 0 saturated heterocycles. The van der Waals surface area contributed by atoms with Crippen LogP contribution in [0.15, 0.2) is 12.2 Å². The van der Waals surface area contributed by atoms with Crippen LogP contribution in [0.4, 0.5) is 0 Å². The van der Waals surface area contributed by atoms with Gasteiger partial charge in [-0.15, -0.1) is 0 Å². The minimum Gasteiger partial charge on any atom is -0.481 e. The molecule has 0 fully saturated rings. The fourth-order valence-corrected chi connectivity index (χ4v) is 2.23. The third-order valence-electron chi connectivity index (χ3n) is 2.39. The SMILES string of the molecule is CC(C)(CC(=O)O)CC(C)(C)NC(=O)C=CC(=O)O. The molecule has 0 aliphatic carbocycles. The van der Waals surface area contributed by atoms with E-state index in [0.717, 1.165) is 12.2 Å². The van der Waals surface area contributed by atoms with E-state index in [4.69, 9.17) is 10.2 Å². The number of hydrogen-bond acceptors (Lipinski definition) is 3. The van der Waals surface area contributed by atoms with E-state index in [1.165, 1.54) is 0 Å². The van der Waals surface area contributed by atoms with E-state index >= 15 is 0 Å². The van der Waals surface area contributed by atoms with Crippen molar-refractivity contribution in [2.75, 3.05) is 0 Å². The summed E-state index contributed by atoms with van der Waals surface area (Å²) in [5.74, 6) is -2.60. The molecule has 0 heterocycles. The summed E-state index contributed by atoms with van der Waals surface area (Å²) < 4.78 is 0. The Morgan fingerprint density at radius 2 is 1.58 bits per heavy atom. The lowest BCUT2D eigenvalue weighted by Gasteiger charge is -2.34. The summed E-state index contributed by atoms with van der Waals surface area (Å²) in [5.41, 5.74) is -1.10. The number of carboxylic acids is 2. The van der Waals surface area contributed by atoms with Gasteiger partial charge in [0, 0.05) is 17.7 Å². The number of carboxylic acid groups (broad SMARTS) is 2. The van der Waals surface area contributed by atoms with E-state index in [-0.39, 0.29) is 6.42 Å². The van der Waals surface area contributed by atoms with Crippen LogP contribution < -0.4 is 5.32 Å². The molecule has 108 valence electrons. The molecule has 1 amide bonds. The van der Waals surface area contributed by atoms with E-state index in [9.17, 15) is 14.4 Å². The Kier molecular flexibility index (Phi) is 5.74. The van der Waals surface area contributed by atoms with Crippen LogP contribution in [0, 0.1) is 5.41 Å². The fraction of sp³-hybridized carbons (Fsp3) is 0.615. The largest absolute Gasteiger partial charge is 0.481 e. The number of aliphatic carboxylic acids is 2. The summed E-state index contributed by atoms with van der Waals surface area (Å²) in [5, 5.41) is 19.9. The molecule has 0 aromatic rings. The van der Waals surface area contributed by atoms with Gasteiger partial charge in [0.15, 0.2) is 0 Å². The van der Waals surface area contributed by atoms with Gasteiger partial charge < -0.3 is 15.5 Å². The first kappa shape index (κ1) is 17.2. The monoisotopic (exact) mass is 271 g/mol. The third-order valence-corrected chi connectivity index (χ3v) is 2.39. The van der Waals surface area contributed by atoms with Crippen molar-refractivity contribution < 1.29 is 24.6 Å². The standard InChI is InChI=1S/C13H21NO5/c1-12(2,7-11(18)19)8-13(3,4)14-9(15)5-6-10(16)17/h5-6H,7-8H2,1-4H3,(H,14,15)(H,16,17)(H,18,19). The van der Waals surface area contributed by atoms with Gasteiger partial charge in [0.25, 0.3) is 0 Å². The molecule has 6 heteroatoms. The molecule has 0 aromatic heterocycles. The summed E-state index contributed by atoms with van der Waals surface area (Å²) in [6, 6.07) is 0. The van der Waals surface area contributed by atoms with E-state index in [1.807, 2.05) is 13.8 Å². The number of carbonyl (C=O) groups is 3. The highest BCUT2D eigenvalue weighted by molar-refractivity contribution is 5.94. The van der Waals surface area contributed by atoms with Crippen molar-refractivity contribution in [2.24, 2.45) is 5.41 Å². The van der Waals surface area contributed by atoms with Crippen molar-refractivity contribution in [3.8, 4) is 0 Å². The number of rotatable bonds is 7. The molecule has 6 nitrogen and oxygen atoms in total. The zero-order valence-electron chi connectivity index (χ0n) is 11.7. The molecule has 0 unspecified atom stereocenters. The minimum atomic E-state index is -1.20. The van der Waals surface area contributed by atoms with Crippen LogP contribution in [0.3, 0.4) is 0 Å². The van der Waals surface area contributed by atoms with Gasteiger partial charge in [0.2, 0.25) is 5.91 Å². The van der Waals surface area contributed by atoms with Crippen LogP contribution in [0.1, 0.15) is 40.5 Å². The van der Waals surface area contributed by atoms with Gasteiger partial charge in [0.1, 0.15) is 0 Å². The summed E-state index contributed by atoms with van der Waals surface area (Å²) in [4.78, 5) is 32.5. The van der Waals surface area contributed by atoms with Crippen LogP contribution in [-0.4, -0.2) is 33.6 Å². The van der Waals surface area contributed by atoms with Crippen molar-refractivity contribution in [2.45, 2.75) is 46.1 Å². The Morgan fingerprint density at radius 1 is 1.05 bits per heavy atom. The highest BCUT2D eigenvalue weighted by atomic mass is 16.4. The smallest absolute Gasteiger partial charge is 0.328 e. The average Bonchev–Trinajstić information content (AvgIpc) is 2.08. The van der Waals surface area contributed by atoms with Crippen molar-refractivity contribution in [3.05, 3.63) is 12.2 Å². The van der Waals surface area contributed by atoms with Crippen molar-refractivity contribution in [1.82, 2.24) is 5.32 Å². The first-order valence-corrected chi connectivity index (χ1v) is 5.88. The summed E-state index contributed by atoms with van der Waals surface area (Å²) in [6.45, 7) is 7.15. The van der Waals surface area contributed by atoms with Crippen LogP contribution in [-0.2, 0) is 14.4 Å². The Bertz CT molecular complexity index is 396. The van der Waals surface area contributed by atoms with Crippen LogP contribution >= 0.6 is 0 Å². The predicted molar refractivity (Wildman–Crippen MR) is 69.6 cm³/mol. The molecular formula is C13H21NO5. The zero-order chi connectivity index (χ0) is 15.3. The third kappa shape index (κ3) is 8.82. The van der Waals surface area contributed by atoms with Crippen molar-refractivity contribution in [1.29, 1.82) is 0 Å². The second kappa shape index (κ2) is 6.36. The van der Waals surface area contributed by atoms with Crippen molar-refractivity contribution >= 4 is 17.8 Å². The van der Waals surface area contributed by atoms with Crippen molar-refractivity contribution in [3.63, 3.8) is 0 Å². The Balaban J connectivity index is 4.58. The van der Waals surface area contributed by atoms with Gasteiger partial charge in [-0.25, -0.2) is 4.79 Å². The average molecular weight is 271 g/mol. The molecule has 0 aliphatic rings. The Hall–Kier alpha value is -1.85. The van der Waals surface area contributed by atoms with E-state index in [2.05, 4.69) is 5.32 Å². The first-order valence-electron chi connectivity index (χ1n) is 5.88. The molecule has 0 aliphatic heterocycles. The highest BCUT2D eigenvalue weighted by Crippen LogP contribution is 2.31. The summed E-state index contributed by atoms with van der Waals surface area (Å²) in [7, 11) is 0. The molecule has 0 rings (SSSR count). The second-order valence-electron chi connectivity index (χ2n) is 5.96. The predicted octanol–water partition coefficient (Wildman–Crippen LogP) is 1.41. The first-order chi connectivity index (χ1) is 8.43. The van der Waals surface area contributed by atoms with Gasteiger partial charge >= 0.3 is 11.9 Å². The normalized spacial score (nSPS) is 12.4. The molecular weight excluding hydrogens is 250 g/mol. The van der Waals surface area contributed by atoms with Gasteiger partial charge in [-0.1, -0.05) is 13.8 Å². The van der Waals surface area contributed by atoms with E-state index in [1.54, 1.807) is 13.8 Å². The number of hydrogen-bond donors (Lipinski definition) is 3. The van der Waals surface area contributed by atoms with Gasteiger partial charge in [-0.3, -0.25) is 9.59 Å². The number of amides is 1. The molecule has 0 atom stereocenters. The fourth-order valence-electron chi connectivity index (χ4n) is 2.23. The molecule has 0 aromatic carbocycles. The minimum absolute atomic E-state index is 0.00271. The molecule has 0 spiro atoms. The van der Waals surface area contributed by atoms with E-state index in [0.29, 0.717) is 6.42 Å². The maximum atomic E-state index is 11.5. The van der Waals surface area contributed by atoms with Crippen LogP contribution in [0.5, 0.6) is 0 Å². The quantitative estimate of drug-likeness (QED) is 0.607. The van der Waals surface area contributed by atoms with E-state index < -0.39 is 28.8 Å². The summed E-state index contributed by atoms with van der Waals surface area (Å²) >= 11 is 0. The molecule has 19 heavy (non-hydrogen) atoms. The number of carbonyl (C=O) groups excluding carboxylic acids is 1. The molecule has 0 bridgehead atoms. The number of nitrogens with one attached hydrogen (secondary N) is 1. The lowest BCUT2D eigenvalue weighted by atomic mass is 9.77. The second-order valence-corrected chi connectivity index (χ2v) is 5.96. The summed E-state index contributed by atoms with van der Waals surface area (Å²) in [6.07, 6.45) is 2.15. The van der Waals surface area contributed by atoms with Crippen LogP contribution in [0.2, 0.25) is 0 Å². The molecule has 3 N–H and O–H groups in total. The van der Waals surface area contributed by atoms with Gasteiger partial charge in [0.05, 0.1) is 6.42 Å². The molecule has 0 radical (unpaired) electrons. The lowest BCUT2D eigenvalue weighted by Crippen LogP contribution is -2.46. The molecule has 0 saturated carbocycles. The zero-order valence-corrected chi connectivity index (χ0v) is 11.7. The van der Waals surface area contributed by atoms with Gasteiger partial charge in [-0.05, 0) is 25.7 Å². The Labute approximate surface area is 112 Å². The van der Waals surface area contributed by atoms with Gasteiger partial charge in [-0.2, -0.15) is 0 Å². The Morgan fingerprint density at radius 3 is 2.00 bits per heavy atom. The highest BCUT2D eigenvalue weighted by Gasteiger charge is 2.31. The maximum absolute atomic E-state index is 11.5.